The van der Waals surface area contributed by atoms with Gasteiger partial charge in [0.2, 0.25) is 0 Å². The number of halogens is 2. The van der Waals surface area contributed by atoms with Crippen LogP contribution in [0.15, 0.2) is 36.4 Å². The van der Waals surface area contributed by atoms with Crippen LogP contribution in [0.25, 0.3) is 0 Å². The highest BCUT2D eigenvalue weighted by Gasteiger charge is 2.47. The molecule has 0 saturated carbocycles. The van der Waals surface area contributed by atoms with Crippen molar-refractivity contribution in [2.75, 3.05) is 19.0 Å². The summed E-state index contributed by atoms with van der Waals surface area (Å²) in [7, 11) is 1.47. The molecule has 0 fully saturated rings. The topological polar surface area (TPSA) is 47.6 Å². The second-order valence-electron chi connectivity index (χ2n) is 5.35. The van der Waals surface area contributed by atoms with Crippen LogP contribution in [0.4, 0.5) is 14.5 Å². The van der Waals surface area contributed by atoms with E-state index in [1.807, 2.05) is 0 Å². The molecule has 1 aliphatic rings. The molecule has 1 aliphatic carbocycles. The molecule has 0 aliphatic heterocycles. The van der Waals surface area contributed by atoms with Crippen LogP contribution < -0.4 is 10.1 Å². The number of anilines is 1. The zero-order valence-electron chi connectivity index (χ0n) is 13.2. The number of benzene rings is 1. The second kappa shape index (κ2) is 7.44. The van der Waals surface area contributed by atoms with Crippen LogP contribution in [0.5, 0.6) is 5.75 Å². The molecule has 0 saturated heterocycles. The van der Waals surface area contributed by atoms with Crippen molar-refractivity contribution < 1.29 is 23.0 Å². The molecule has 0 bridgehead atoms. The van der Waals surface area contributed by atoms with Crippen LogP contribution in [0.1, 0.15) is 19.8 Å². The largest absolute Gasteiger partial charge is 0.495 e. The third kappa shape index (κ3) is 4.00. The van der Waals surface area contributed by atoms with Crippen LogP contribution in [0.2, 0.25) is 0 Å². The molecular weight excluding hydrogens is 304 g/mol. The number of rotatable bonds is 5. The van der Waals surface area contributed by atoms with Crippen LogP contribution in [0, 0.1) is 5.92 Å². The minimum absolute atomic E-state index is 0.159. The van der Waals surface area contributed by atoms with Crippen molar-refractivity contribution in [2.24, 2.45) is 5.92 Å². The molecule has 2 rings (SSSR count). The van der Waals surface area contributed by atoms with Gasteiger partial charge in [-0.15, -0.1) is 0 Å². The molecule has 0 heterocycles. The first-order chi connectivity index (χ1) is 11.0. The zero-order valence-corrected chi connectivity index (χ0v) is 13.2. The Morgan fingerprint density at radius 2 is 2.09 bits per heavy atom. The SMILES string of the molecule is CCOC(=O)[C@H]1CC=CCC(F)(F)[C@H]1Nc1ccccc1OC. The Morgan fingerprint density at radius 1 is 1.35 bits per heavy atom. The second-order valence-corrected chi connectivity index (χ2v) is 5.35. The molecule has 0 amide bonds. The van der Waals surface area contributed by atoms with Gasteiger partial charge in [-0.3, -0.25) is 4.79 Å². The van der Waals surface area contributed by atoms with Gasteiger partial charge in [-0.2, -0.15) is 0 Å². The van der Waals surface area contributed by atoms with Crippen LogP contribution in [-0.2, 0) is 9.53 Å². The normalized spacial score (nSPS) is 23.0. The van der Waals surface area contributed by atoms with Crippen molar-refractivity contribution in [3.8, 4) is 5.75 Å². The highest BCUT2D eigenvalue weighted by Crippen LogP contribution is 2.37. The zero-order chi connectivity index (χ0) is 16.9. The van der Waals surface area contributed by atoms with Crippen LogP contribution in [-0.4, -0.2) is 31.7 Å². The van der Waals surface area contributed by atoms with E-state index in [4.69, 9.17) is 9.47 Å². The molecule has 0 aromatic heterocycles. The molecular formula is C17H21F2NO3. The number of alkyl halides is 2. The molecule has 0 radical (unpaired) electrons. The number of nitrogens with one attached hydrogen (secondary N) is 1. The molecule has 23 heavy (non-hydrogen) atoms. The summed E-state index contributed by atoms with van der Waals surface area (Å²) >= 11 is 0. The predicted molar refractivity (Wildman–Crippen MR) is 83.8 cm³/mol. The highest BCUT2D eigenvalue weighted by molar-refractivity contribution is 5.75. The van der Waals surface area contributed by atoms with Crippen molar-refractivity contribution in [1.29, 1.82) is 0 Å². The van der Waals surface area contributed by atoms with Gasteiger partial charge in [0.25, 0.3) is 5.92 Å². The number of hydrogen-bond donors (Lipinski definition) is 1. The van der Waals surface area contributed by atoms with Gasteiger partial charge >= 0.3 is 5.97 Å². The molecule has 2 atom stereocenters. The third-order valence-corrected chi connectivity index (χ3v) is 3.81. The van der Waals surface area contributed by atoms with Gasteiger partial charge in [0.1, 0.15) is 11.8 Å². The molecule has 0 spiro atoms. The average molecular weight is 325 g/mol. The summed E-state index contributed by atoms with van der Waals surface area (Å²) < 4.78 is 39.2. The average Bonchev–Trinajstić information content (AvgIpc) is 2.67. The first kappa shape index (κ1) is 17.2. The maximum Gasteiger partial charge on any atom is 0.311 e. The van der Waals surface area contributed by atoms with Crippen molar-refractivity contribution in [1.82, 2.24) is 0 Å². The smallest absolute Gasteiger partial charge is 0.311 e. The summed E-state index contributed by atoms with van der Waals surface area (Å²) in [5.41, 5.74) is 0.427. The lowest BCUT2D eigenvalue weighted by Gasteiger charge is -2.32. The Kier molecular flexibility index (Phi) is 5.58. The fraction of sp³-hybridized carbons (Fsp3) is 0.471. The predicted octanol–water partition coefficient (Wildman–Crippen LogP) is 3.64. The number of carbonyl (C=O) groups excluding carboxylic acids is 1. The Balaban J connectivity index is 2.33. The van der Waals surface area contributed by atoms with Gasteiger partial charge in [-0.05, 0) is 25.5 Å². The van der Waals surface area contributed by atoms with Crippen molar-refractivity contribution in [2.45, 2.75) is 31.7 Å². The van der Waals surface area contributed by atoms with Crippen molar-refractivity contribution in [3.63, 3.8) is 0 Å². The van der Waals surface area contributed by atoms with Gasteiger partial charge < -0.3 is 14.8 Å². The van der Waals surface area contributed by atoms with E-state index in [0.29, 0.717) is 11.4 Å². The Labute approximate surface area is 134 Å². The summed E-state index contributed by atoms with van der Waals surface area (Å²) in [6.07, 6.45) is 2.81. The molecule has 6 heteroatoms. The van der Waals surface area contributed by atoms with E-state index < -0.39 is 30.3 Å². The number of esters is 1. The van der Waals surface area contributed by atoms with E-state index in [1.165, 1.54) is 13.2 Å². The Bertz CT molecular complexity index is 575. The van der Waals surface area contributed by atoms with Crippen molar-refractivity contribution >= 4 is 11.7 Å². The van der Waals surface area contributed by atoms with Gasteiger partial charge in [-0.25, -0.2) is 8.78 Å². The third-order valence-electron chi connectivity index (χ3n) is 3.81. The molecule has 1 aromatic rings. The number of ether oxygens (including phenoxy) is 2. The molecule has 1 aromatic carbocycles. The van der Waals surface area contributed by atoms with E-state index in [0.717, 1.165) is 0 Å². The minimum atomic E-state index is -3.08. The van der Waals surface area contributed by atoms with Gasteiger partial charge in [-0.1, -0.05) is 24.3 Å². The highest BCUT2D eigenvalue weighted by atomic mass is 19.3. The van der Waals surface area contributed by atoms with E-state index >= 15 is 0 Å². The Morgan fingerprint density at radius 3 is 2.78 bits per heavy atom. The number of allylic oxidation sites excluding steroid dienone is 2. The maximum absolute atomic E-state index is 14.5. The molecule has 126 valence electrons. The lowest BCUT2D eigenvalue weighted by atomic mass is 9.91. The van der Waals surface area contributed by atoms with E-state index in [-0.39, 0.29) is 13.0 Å². The molecule has 4 nitrogen and oxygen atoms in total. The number of carbonyl (C=O) groups is 1. The fourth-order valence-corrected chi connectivity index (χ4v) is 2.66. The first-order valence-corrected chi connectivity index (χ1v) is 7.58. The lowest BCUT2D eigenvalue weighted by molar-refractivity contribution is -0.152. The summed E-state index contributed by atoms with van der Waals surface area (Å²) in [6, 6.07) is 5.43. The monoisotopic (exact) mass is 325 g/mol. The van der Waals surface area contributed by atoms with E-state index in [1.54, 1.807) is 37.3 Å². The lowest BCUT2D eigenvalue weighted by Crippen LogP contribution is -2.47. The first-order valence-electron chi connectivity index (χ1n) is 7.58. The summed E-state index contributed by atoms with van der Waals surface area (Å²) in [4.78, 5) is 12.1. The summed E-state index contributed by atoms with van der Waals surface area (Å²) in [6.45, 7) is 1.82. The molecule has 1 N–H and O–H groups in total. The standard InChI is InChI=1S/C17H21F2NO3/c1-3-23-16(21)12-8-6-7-11-17(18,19)15(12)20-13-9-4-5-10-14(13)22-2/h4-7,9-10,12,15,20H,3,8,11H2,1-2H3/t12-,15-/m0/s1. The Hall–Kier alpha value is -2.11. The van der Waals surface area contributed by atoms with Crippen LogP contribution >= 0.6 is 0 Å². The number of hydrogen-bond acceptors (Lipinski definition) is 4. The van der Waals surface area contributed by atoms with Crippen molar-refractivity contribution in [3.05, 3.63) is 36.4 Å². The van der Waals surface area contributed by atoms with Gasteiger partial charge in [0, 0.05) is 6.42 Å². The quantitative estimate of drug-likeness (QED) is 0.663. The number of para-hydroxylation sites is 2. The van der Waals surface area contributed by atoms with Crippen LogP contribution in [0.3, 0.4) is 0 Å². The maximum atomic E-state index is 14.5. The summed E-state index contributed by atoms with van der Waals surface area (Å²) in [5, 5.41) is 2.80. The van der Waals surface area contributed by atoms with E-state index in [9.17, 15) is 13.6 Å². The number of methoxy groups -OCH3 is 1. The molecule has 0 unspecified atom stereocenters. The van der Waals surface area contributed by atoms with E-state index in [2.05, 4.69) is 5.32 Å². The minimum Gasteiger partial charge on any atom is -0.495 e. The fourth-order valence-electron chi connectivity index (χ4n) is 2.66. The van der Waals surface area contributed by atoms with Gasteiger partial charge in [0.05, 0.1) is 25.3 Å². The summed E-state index contributed by atoms with van der Waals surface area (Å²) in [5.74, 6) is -4.21. The van der Waals surface area contributed by atoms with Gasteiger partial charge in [0.15, 0.2) is 0 Å².